The molecule has 88 valence electrons. The molecule has 1 unspecified atom stereocenters. The highest BCUT2D eigenvalue weighted by Gasteiger charge is 2.24. The molecule has 2 nitrogen and oxygen atoms in total. The number of rotatable bonds is 5. The van der Waals surface area contributed by atoms with Crippen LogP contribution < -0.4 is 5.32 Å². The van der Waals surface area contributed by atoms with Crippen LogP contribution in [0, 0.1) is 5.92 Å². The molecule has 0 aliphatic carbocycles. The largest absolute Gasteiger partial charge is 0.381 e. The van der Waals surface area contributed by atoms with Crippen molar-refractivity contribution in [3.63, 3.8) is 0 Å². The minimum Gasteiger partial charge on any atom is -0.381 e. The van der Waals surface area contributed by atoms with Crippen molar-refractivity contribution in [2.75, 3.05) is 26.8 Å². The van der Waals surface area contributed by atoms with Gasteiger partial charge in [0.1, 0.15) is 0 Å². The highest BCUT2D eigenvalue weighted by molar-refractivity contribution is 6.31. The lowest BCUT2D eigenvalue weighted by atomic mass is 9.88. The number of nitrogens with one attached hydrogen (secondary N) is 1. The summed E-state index contributed by atoms with van der Waals surface area (Å²) >= 11 is 6.24. The molecule has 1 saturated heterocycles. The Bertz CT molecular complexity index is 338. The van der Waals surface area contributed by atoms with E-state index in [1.165, 1.54) is 5.56 Å². The predicted molar refractivity (Wildman–Crippen MR) is 67.0 cm³/mol. The zero-order chi connectivity index (χ0) is 11.4. The van der Waals surface area contributed by atoms with Crippen molar-refractivity contribution in [3.8, 4) is 0 Å². The van der Waals surface area contributed by atoms with E-state index in [9.17, 15) is 0 Å². The van der Waals surface area contributed by atoms with Crippen LogP contribution in [0.25, 0.3) is 0 Å². The molecular formula is C13H18ClNO. The number of hydrogen-bond acceptors (Lipinski definition) is 2. The van der Waals surface area contributed by atoms with Crippen LogP contribution in [0.3, 0.4) is 0 Å². The lowest BCUT2D eigenvalue weighted by Gasteiger charge is -2.30. The van der Waals surface area contributed by atoms with E-state index in [-0.39, 0.29) is 0 Å². The van der Waals surface area contributed by atoms with Gasteiger partial charge >= 0.3 is 0 Å². The van der Waals surface area contributed by atoms with E-state index < -0.39 is 0 Å². The van der Waals surface area contributed by atoms with E-state index in [4.69, 9.17) is 16.3 Å². The van der Waals surface area contributed by atoms with Crippen LogP contribution in [0.5, 0.6) is 0 Å². The molecule has 1 aliphatic rings. The van der Waals surface area contributed by atoms with Gasteiger partial charge in [0, 0.05) is 17.5 Å². The van der Waals surface area contributed by atoms with Gasteiger partial charge in [-0.1, -0.05) is 29.8 Å². The molecule has 1 atom stereocenters. The second-order valence-corrected chi connectivity index (χ2v) is 4.82. The fourth-order valence-corrected chi connectivity index (χ4v) is 2.49. The van der Waals surface area contributed by atoms with Crippen LogP contribution in [0.1, 0.15) is 17.9 Å². The van der Waals surface area contributed by atoms with E-state index in [1.54, 1.807) is 0 Å². The summed E-state index contributed by atoms with van der Waals surface area (Å²) in [7, 11) is 1.99. The summed E-state index contributed by atoms with van der Waals surface area (Å²) in [6, 6.07) is 8.14. The third kappa shape index (κ3) is 2.76. The summed E-state index contributed by atoms with van der Waals surface area (Å²) in [5.41, 5.74) is 1.26. The molecule has 0 aromatic heterocycles. The average Bonchev–Trinajstić information content (AvgIpc) is 2.23. The van der Waals surface area contributed by atoms with Crippen molar-refractivity contribution in [2.24, 2.45) is 5.92 Å². The van der Waals surface area contributed by atoms with E-state index in [2.05, 4.69) is 17.4 Å². The molecular weight excluding hydrogens is 222 g/mol. The molecule has 0 radical (unpaired) electrons. The number of benzene rings is 1. The maximum absolute atomic E-state index is 6.24. The Balaban J connectivity index is 2.08. The van der Waals surface area contributed by atoms with E-state index in [0.717, 1.165) is 31.2 Å². The molecule has 1 heterocycles. The zero-order valence-electron chi connectivity index (χ0n) is 9.58. The fraction of sp³-hybridized carbons (Fsp3) is 0.538. The number of hydrogen-bond donors (Lipinski definition) is 1. The molecule has 1 aromatic rings. The smallest absolute Gasteiger partial charge is 0.0516 e. The quantitative estimate of drug-likeness (QED) is 0.853. The Morgan fingerprint density at radius 3 is 2.75 bits per heavy atom. The first-order valence-electron chi connectivity index (χ1n) is 5.78. The van der Waals surface area contributed by atoms with Gasteiger partial charge in [-0.25, -0.2) is 0 Å². The average molecular weight is 240 g/mol. The van der Waals surface area contributed by atoms with Crippen LogP contribution in [-0.2, 0) is 4.74 Å². The first kappa shape index (κ1) is 11.9. The van der Waals surface area contributed by atoms with E-state index in [0.29, 0.717) is 11.8 Å². The number of likely N-dealkylation sites (N-methyl/N-ethyl adjacent to an activating group) is 1. The van der Waals surface area contributed by atoms with Crippen molar-refractivity contribution in [1.82, 2.24) is 5.32 Å². The SMILES string of the molecule is CNCC(CC1COC1)c1ccccc1Cl. The normalized spacial score (nSPS) is 18.1. The van der Waals surface area contributed by atoms with Gasteiger partial charge in [0.05, 0.1) is 13.2 Å². The Morgan fingerprint density at radius 1 is 1.44 bits per heavy atom. The minimum absolute atomic E-state index is 0.493. The van der Waals surface area contributed by atoms with Gasteiger partial charge in [0.25, 0.3) is 0 Å². The molecule has 1 aromatic carbocycles. The zero-order valence-corrected chi connectivity index (χ0v) is 10.3. The maximum atomic E-state index is 6.24. The standard InChI is InChI=1S/C13H18ClNO/c1-15-7-11(6-10-8-16-9-10)12-4-2-3-5-13(12)14/h2-5,10-11,15H,6-9H2,1H3. The number of ether oxygens (including phenoxy) is 1. The van der Waals surface area contributed by atoms with Gasteiger partial charge in [0.15, 0.2) is 0 Å². The molecule has 2 rings (SSSR count). The lowest BCUT2D eigenvalue weighted by molar-refractivity contribution is -0.0384. The lowest BCUT2D eigenvalue weighted by Crippen LogP contribution is -2.31. The van der Waals surface area contributed by atoms with Gasteiger partial charge in [-0.15, -0.1) is 0 Å². The summed E-state index contributed by atoms with van der Waals surface area (Å²) in [6.07, 6.45) is 1.16. The van der Waals surface area contributed by atoms with Crippen LogP contribution in [-0.4, -0.2) is 26.8 Å². The molecule has 0 bridgehead atoms. The Kier molecular flexibility index (Phi) is 4.22. The second-order valence-electron chi connectivity index (χ2n) is 4.42. The first-order chi connectivity index (χ1) is 7.81. The molecule has 0 amide bonds. The Hall–Kier alpha value is -0.570. The second kappa shape index (κ2) is 5.67. The third-order valence-electron chi connectivity index (χ3n) is 3.12. The number of halogens is 1. The van der Waals surface area contributed by atoms with Crippen molar-refractivity contribution in [1.29, 1.82) is 0 Å². The third-order valence-corrected chi connectivity index (χ3v) is 3.46. The molecule has 1 aliphatic heterocycles. The highest BCUT2D eigenvalue weighted by atomic mass is 35.5. The minimum atomic E-state index is 0.493. The predicted octanol–water partition coefficient (Wildman–Crippen LogP) is 2.68. The monoisotopic (exact) mass is 239 g/mol. The summed E-state index contributed by atoms with van der Waals surface area (Å²) < 4.78 is 5.23. The summed E-state index contributed by atoms with van der Waals surface area (Å²) in [5.74, 6) is 1.20. The van der Waals surface area contributed by atoms with E-state index >= 15 is 0 Å². The maximum Gasteiger partial charge on any atom is 0.0516 e. The molecule has 0 saturated carbocycles. The summed E-state index contributed by atoms with van der Waals surface area (Å²) in [5, 5.41) is 4.13. The molecule has 16 heavy (non-hydrogen) atoms. The van der Waals surface area contributed by atoms with Crippen molar-refractivity contribution in [2.45, 2.75) is 12.3 Å². The van der Waals surface area contributed by atoms with E-state index in [1.807, 2.05) is 19.2 Å². The topological polar surface area (TPSA) is 21.3 Å². The Morgan fingerprint density at radius 2 is 2.19 bits per heavy atom. The van der Waals surface area contributed by atoms with Gasteiger partial charge in [-0.2, -0.15) is 0 Å². The summed E-state index contributed by atoms with van der Waals surface area (Å²) in [4.78, 5) is 0. The van der Waals surface area contributed by atoms with Crippen molar-refractivity contribution in [3.05, 3.63) is 34.9 Å². The fourth-order valence-electron chi connectivity index (χ4n) is 2.20. The van der Waals surface area contributed by atoms with Crippen LogP contribution in [0.2, 0.25) is 5.02 Å². The highest BCUT2D eigenvalue weighted by Crippen LogP contribution is 2.31. The van der Waals surface area contributed by atoms with Crippen LogP contribution >= 0.6 is 11.6 Å². The summed E-state index contributed by atoms with van der Waals surface area (Å²) in [6.45, 7) is 2.79. The Labute approximate surface area is 102 Å². The van der Waals surface area contributed by atoms with Crippen molar-refractivity contribution < 1.29 is 4.74 Å². The van der Waals surface area contributed by atoms with Gasteiger partial charge in [-0.05, 0) is 31.0 Å². The molecule has 1 fully saturated rings. The molecule has 3 heteroatoms. The molecule has 1 N–H and O–H groups in total. The molecule has 0 spiro atoms. The van der Waals surface area contributed by atoms with Gasteiger partial charge in [0.2, 0.25) is 0 Å². The first-order valence-corrected chi connectivity index (χ1v) is 6.16. The van der Waals surface area contributed by atoms with Gasteiger partial charge in [-0.3, -0.25) is 0 Å². The van der Waals surface area contributed by atoms with Crippen molar-refractivity contribution >= 4 is 11.6 Å². The van der Waals surface area contributed by atoms with Gasteiger partial charge < -0.3 is 10.1 Å². The van der Waals surface area contributed by atoms with Crippen LogP contribution in [0.4, 0.5) is 0 Å². The van der Waals surface area contributed by atoms with Crippen LogP contribution in [0.15, 0.2) is 24.3 Å².